The molecule has 9 heteroatoms. The Morgan fingerprint density at radius 2 is 1.96 bits per heavy atom. The zero-order chi connectivity index (χ0) is 20.2. The molecule has 0 aliphatic carbocycles. The molecule has 0 radical (unpaired) electrons. The number of halogens is 1. The Labute approximate surface area is 169 Å². The maximum atomic E-state index is 12.3. The fraction of sp³-hybridized carbons (Fsp3) is 0.389. The molecule has 0 saturated carbocycles. The molecule has 0 aliphatic rings. The Hall–Kier alpha value is -1.45. The Morgan fingerprint density at radius 3 is 2.56 bits per heavy atom. The van der Waals surface area contributed by atoms with Crippen LogP contribution < -0.4 is 5.32 Å². The topological polar surface area (TPSA) is 69.7 Å². The van der Waals surface area contributed by atoms with E-state index in [-0.39, 0.29) is 23.3 Å². The first-order valence-corrected chi connectivity index (χ1v) is 11.1. The van der Waals surface area contributed by atoms with Crippen LogP contribution in [0.5, 0.6) is 0 Å². The van der Waals surface area contributed by atoms with Gasteiger partial charge in [-0.1, -0.05) is 17.7 Å². The minimum absolute atomic E-state index is 0.0793. The normalized spacial score (nSPS) is 13.1. The van der Waals surface area contributed by atoms with Gasteiger partial charge in [0.2, 0.25) is 15.9 Å². The third kappa shape index (κ3) is 5.52. The summed E-state index contributed by atoms with van der Waals surface area (Å²) >= 11 is 7.80. The van der Waals surface area contributed by atoms with Crippen molar-refractivity contribution in [2.75, 3.05) is 33.0 Å². The van der Waals surface area contributed by atoms with Crippen molar-refractivity contribution < 1.29 is 13.2 Å². The summed E-state index contributed by atoms with van der Waals surface area (Å²) in [5, 5.41) is 5.04. The number of hydrogen-bond acceptors (Lipinski definition) is 5. The molecule has 1 heterocycles. The van der Waals surface area contributed by atoms with Gasteiger partial charge in [0.15, 0.2) is 0 Å². The van der Waals surface area contributed by atoms with Crippen molar-refractivity contribution in [3.63, 3.8) is 0 Å². The second-order valence-corrected chi connectivity index (χ2v) is 9.94. The van der Waals surface area contributed by atoms with Gasteiger partial charge in [0, 0.05) is 38.0 Å². The van der Waals surface area contributed by atoms with Crippen molar-refractivity contribution in [2.24, 2.45) is 0 Å². The van der Waals surface area contributed by atoms with Crippen molar-refractivity contribution in [1.29, 1.82) is 0 Å². The number of rotatable bonds is 8. The molecule has 6 nitrogen and oxygen atoms in total. The average molecular weight is 430 g/mol. The molecule has 1 atom stereocenters. The lowest BCUT2D eigenvalue weighted by atomic mass is 10.2. The van der Waals surface area contributed by atoms with Crippen LogP contribution >= 0.6 is 22.9 Å². The predicted molar refractivity (Wildman–Crippen MR) is 111 cm³/mol. The van der Waals surface area contributed by atoms with Crippen molar-refractivity contribution in [1.82, 2.24) is 9.21 Å². The number of thiophene rings is 1. The fourth-order valence-electron chi connectivity index (χ4n) is 2.40. The van der Waals surface area contributed by atoms with E-state index >= 15 is 0 Å². The quantitative estimate of drug-likeness (QED) is 0.695. The second-order valence-electron chi connectivity index (χ2n) is 6.40. The molecule has 1 amide bonds. The first-order valence-electron chi connectivity index (χ1n) is 8.38. The summed E-state index contributed by atoms with van der Waals surface area (Å²) in [6.45, 7) is 2.66. The Balaban J connectivity index is 2.01. The van der Waals surface area contributed by atoms with Crippen LogP contribution in [-0.2, 0) is 14.8 Å². The zero-order valence-electron chi connectivity index (χ0n) is 15.8. The molecular formula is C18H24ClN3O3S2. The van der Waals surface area contributed by atoms with Gasteiger partial charge in [-0.2, -0.15) is 0 Å². The minimum Gasteiger partial charge on any atom is -0.325 e. The van der Waals surface area contributed by atoms with E-state index in [1.54, 1.807) is 11.3 Å². The summed E-state index contributed by atoms with van der Waals surface area (Å²) < 4.78 is 25.6. The molecule has 0 bridgehead atoms. The first kappa shape index (κ1) is 21.8. The highest BCUT2D eigenvalue weighted by Gasteiger charge is 2.19. The minimum atomic E-state index is -3.60. The Bertz CT molecular complexity index is 883. The van der Waals surface area contributed by atoms with Gasteiger partial charge in [-0.25, -0.2) is 12.7 Å². The molecule has 0 saturated heterocycles. The number of carbonyl (C=O) groups excluding carboxylic acids is 1. The maximum Gasteiger partial charge on any atom is 0.242 e. The molecule has 27 heavy (non-hydrogen) atoms. The van der Waals surface area contributed by atoms with Crippen LogP contribution in [0.25, 0.3) is 0 Å². The molecule has 148 valence electrons. The monoisotopic (exact) mass is 429 g/mol. The number of nitrogens with zero attached hydrogens (tertiary/aromatic N) is 2. The van der Waals surface area contributed by atoms with Gasteiger partial charge < -0.3 is 5.32 Å². The van der Waals surface area contributed by atoms with Crippen LogP contribution in [0, 0.1) is 0 Å². The summed E-state index contributed by atoms with van der Waals surface area (Å²) in [5.74, 6) is -0.221. The van der Waals surface area contributed by atoms with Crippen LogP contribution in [0.2, 0.25) is 5.02 Å². The van der Waals surface area contributed by atoms with E-state index in [1.807, 2.05) is 18.5 Å². The number of sulfonamides is 1. The number of amides is 1. The van der Waals surface area contributed by atoms with Gasteiger partial charge in [0.25, 0.3) is 0 Å². The van der Waals surface area contributed by atoms with Crippen molar-refractivity contribution in [3.05, 3.63) is 45.6 Å². The Morgan fingerprint density at radius 1 is 1.26 bits per heavy atom. The van der Waals surface area contributed by atoms with Crippen LogP contribution in [0.15, 0.2) is 40.6 Å². The van der Waals surface area contributed by atoms with E-state index in [9.17, 15) is 13.2 Å². The molecule has 0 spiro atoms. The number of carbonyl (C=O) groups is 1. The van der Waals surface area contributed by atoms with Crippen molar-refractivity contribution >= 4 is 44.6 Å². The lowest BCUT2D eigenvalue weighted by Gasteiger charge is -2.23. The maximum absolute atomic E-state index is 12.3. The molecule has 1 aromatic heterocycles. The van der Waals surface area contributed by atoms with Crippen molar-refractivity contribution in [3.8, 4) is 0 Å². The predicted octanol–water partition coefficient (Wildman–Crippen LogP) is 3.67. The Kier molecular flexibility index (Phi) is 7.41. The lowest BCUT2D eigenvalue weighted by Crippen LogP contribution is -2.26. The zero-order valence-corrected chi connectivity index (χ0v) is 18.2. The molecular weight excluding hydrogens is 406 g/mol. The van der Waals surface area contributed by atoms with E-state index < -0.39 is 10.0 Å². The van der Waals surface area contributed by atoms with Crippen LogP contribution in [0.1, 0.15) is 24.3 Å². The van der Waals surface area contributed by atoms with Crippen LogP contribution in [-0.4, -0.2) is 51.2 Å². The standard InChI is InChI=1S/C18H24ClN3O3S2/c1-13(17-6-5-11-26-17)22(4)10-9-18(23)20-16-12-14(7-8-15(16)19)27(24,25)21(2)3/h5-8,11-13H,9-10H2,1-4H3,(H,20,23). The molecule has 2 aromatic rings. The first-order chi connectivity index (χ1) is 12.6. The third-order valence-corrected chi connectivity index (χ3v) is 7.48. The summed E-state index contributed by atoms with van der Waals surface area (Å²) in [5.41, 5.74) is 0.290. The summed E-state index contributed by atoms with van der Waals surface area (Å²) in [4.78, 5) is 15.7. The summed E-state index contributed by atoms with van der Waals surface area (Å²) in [7, 11) is 1.27. The highest BCUT2D eigenvalue weighted by atomic mass is 35.5. The molecule has 1 unspecified atom stereocenters. The highest BCUT2D eigenvalue weighted by Crippen LogP contribution is 2.27. The van der Waals surface area contributed by atoms with Gasteiger partial charge in [-0.15, -0.1) is 11.3 Å². The van der Waals surface area contributed by atoms with E-state index in [4.69, 9.17) is 11.6 Å². The summed E-state index contributed by atoms with van der Waals surface area (Å²) in [6, 6.07) is 8.57. The van der Waals surface area contributed by atoms with E-state index in [0.717, 1.165) is 4.31 Å². The SMILES string of the molecule is CC(c1cccs1)N(C)CCC(=O)Nc1cc(S(=O)(=O)N(C)C)ccc1Cl. The highest BCUT2D eigenvalue weighted by molar-refractivity contribution is 7.89. The van der Waals surface area contributed by atoms with Crippen LogP contribution in [0.3, 0.4) is 0 Å². The lowest BCUT2D eigenvalue weighted by molar-refractivity contribution is -0.116. The number of benzene rings is 1. The molecule has 0 aliphatic heterocycles. The third-order valence-electron chi connectivity index (χ3n) is 4.30. The fourth-order valence-corrected chi connectivity index (χ4v) is 4.34. The second kappa shape index (κ2) is 9.16. The van der Waals surface area contributed by atoms with Gasteiger partial charge >= 0.3 is 0 Å². The van der Waals surface area contributed by atoms with Gasteiger partial charge in [-0.3, -0.25) is 9.69 Å². The van der Waals surface area contributed by atoms with E-state index in [0.29, 0.717) is 17.3 Å². The van der Waals surface area contributed by atoms with Crippen LogP contribution in [0.4, 0.5) is 5.69 Å². The number of hydrogen-bond donors (Lipinski definition) is 1. The largest absolute Gasteiger partial charge is 0.325 e. The van der Waals surface area contributed by atoms with Gasteiger partial charge in [-0.05, 0) is 43.6 Å². The smallest absolute Gasteiger partial charge is 0.242 e. The van der Waals surface area contributed by atoms with E-state index in [2.05, 4.69) is 23.2 Å². The van der Waals surface area contributed by atoms with E-state index in [1.165, 1.54) is 37.2 Å². The number of anilines is 1. The van der Waals surface area contributed by atoms with Crippen molar-refractivity contribution in [2.45, 2.75) is 24.3 Å². The van der Waals surface area contributed by atoms with Gasteiger partial charge in [0.1, 0.15) is 0 Å². The summed E-state index contributed by atoms with van der Waals surface area (Å²) in [6.07, 6.45) is 0.271. The van der Waals surface area contributed by atoms with Gasteiger partial charge in [0.05, 0.1) is 15.6 Å². The molecule has 1 N–H and O–H groups in total. The average Bonchev–Trinajstić information content (AvgIpc) is 3.15. The molecule has 2 rings (SSSR count). The number of nitrogens with one attached hydrogen (secondary N) is 1. The molecule has 1 aromatic carbocycles. The molecule has 0 fully saturated rings.